The van der Waals surface area contributed by atoms with Crippen LogP contribution in [-0.4, -0.2) is 38.2 Å². The molecule has 19 heavy (non-hydrogen) atoms. The number of rotatable bonds is 5. The Hall–Kier alpha value is -0.493. The van der Waals surface area contributed by atoms with Crippen LogP contribution in [0.1, 0.15) is 33.6 Å². The van der Waals surface area contributed by atoms with Crippen LogP contribution >= 0.6 is 0 Å². The number of hydrogen-bond donors (Lipinski definition) is 1. The summed E-state index contributed by atoms with van der Waals surface area (Å²) in [4.78, 5) is 11.5. The van der Waals surface area contributed by atoms with Crippen molar-refractivity contribution < 1.29 is 19.1 Å². The highest BCUT2D eigenvalue weighted by molar-refractivity contribution is 6.74. The van der Waals surface area contributed by atoms with Crippen molar-refractivity contribution in [1.29, 1.82) is 0 Å². The minimum atomic E-state index is -1.71. The fraction of sp³-hybridized carbons (Fsp3) is 0.786. The van der Waals surface area contributed by atoms with Crippen LogP contribution in [0.5, 0.6) is 0 Å². The van der Waals surface area contributed by atoms with E-state index in [0.717, 1.165) is 6.42 Å². The molecule has 0 spiro atoms. The molecule has 5 heteroatoms. The van der Waals surface area contributed by atoms with Gasteiger partial charge in [-0.05, 0) is 43.1 Å². The highest BCUT2D eigenvalue weighted by Gasteiger charge is 2.37. The van der Waals surface area contributed by atoms with Crippen LogP contribution in [0.15, 0.2) is 12.2 Å². The topological polar surface area (TPSA) is 55.8 Å². The summed E-state index contributed by atoms with van der Waals surface area (Å²) in [5, 5.41) is 9.50. The molecule has 0 fully saturated rings. The van der Waals surface area contributed by atoms with E-state index in [1.807, 2.05) is 0 Å². The van der Waals surface area contributed by atoms with Gasteiger partial charge in [-0.3, -0.25) is 4.79 Å². The van der Waals surface area contributed by atoms with Crippen molar-refractivity contribution >= 4 is 14.1 Å². The van der Waals surface area contributed by atoms with Crippen LogP contribution in [0, 0.1) is 0 Å². The van der Waals surface area contributed by atoms with Crippen LogP contribution in [0.4, 0.5) is 0 Å². The summed E-state index contributed by atoms with van der Waals surface area (Å²) in [5.74, 6) is -0.0716. The minimum Gasteiger partial charge on any atom is -0.417 e. The molecule has 1 aliphatic rings. The number of hydrogen-bond acceptors (Lipinski definition) is 4. The highest BCUT2D eigenvalue weighted by Crippen LogP contribution is 2.36. The predicted molar refractivity (Wildman–Crippen MR) is 77.4 cm³/mol. The predicted octanol–water partition coefficient (Wildman–Crippen LogP) is 2.63. The fourth-order valence-corrected chi connectivity index (χ4v) is 2.68. The van der Waals surface area contributed by atoms with E-state index in [1.54, 1.807) is 0 Å². The second-order valence-corrected chi connectivity index (χ2v) is 11.3. The van der Waals surface area contributed by atoms with Crippen molar-refractivity contribution in [2.45, 2.75) is 64.1 Å². The highest BCUT2D eigenvalue weighted by atomic mass is 28.4. The van der Waals surface area contributed by atoms with E-state index < -0.39 is 20.7 Å². The summed E-state index contributed by atoms with van der Waals surface area (Å²) in [7, 11) is -1.71. The first-order chi connectivity index (χ1) is 8.63. The lowest BCUT2D eigenvalue weighted by Gasteiger charge is -2.36. The van der Waals surface area contributed by atoms with E-state index in [-0.39, 0.29) is 10.8 Å². The fourth-order valence-electron chi connectivity index (χ4n) is 1.59. The molecule has 0 bridgehead atoms. The molecule has 1 unspecified atom stereocenters. The van der Waals surface area contributed by atoms with Crippen LogP contribution in [-0.2, 0) is 14.0 Å². The SMILES string of the molecule is CC(C)(C)[Si](C)(C)OCCC[C@@H]1OC(O)C=CC1=O. The smallest absolute Gasteiger partial charge is 0.191 e. The molecular weight excluding hydrogens is 260 g/mol. The maximum atomic E-state index is 11.5. The van der Waals surface area contributed by atoms with Crippen molar-refractivity contribution in [2.24, 2.45) is 0 Å². The number of ether oxygens (including phenoxy) is 1. The van der Waals surface area contributed by atoms with Gasteiger partial charge in [0, 0.05) is 6.61 Å². The van der Waals surface area contributed by atoms with Gasteiger partial charge in [-0.1, -0.05) is 20.8 Å². The molecule has 0 saturated heterocycles. The van der Waals surface area contributed by atoms with Gasteiger partial charge in [0.25, 0.3) is 0 Å². The van der Waals surface area contributed by atoms with Gasteiger partial charge in [0.05, 0.1) is 0 Å². The molecule has 0 aromatic rings. The number of ketones is 1. The summed E-state index contributed by atoms with van der Waals surface area (Å²) in [6.45, 7) is 11.7. The Balaban J connectivity index is 2.32. The molecule has 0 saturated carbocycles. The van der Waals surface area contributed by atoms with Gasteiger partial charge in [0.15, 0.2) is 20.4 Å². The van der Waals surface area contributed by atoms with Gasteiger partial charge >= 0.3 is 0 Å². The second kappa shape index (κ2) is 6.30. The van der Waals surface area contributed by atoms with Crippen molar-refractivity contribution in [2.75, 3.05) is 6.61 Å². The molecule has 2 atom stereocenters. The van der Waals surface area contributed by atoms with Crippen molar-refractivity contribution in [3.8, 4) is 0 Å². The first kappa shape index (κ1) is 16.6. The maximum Gasteiger partial charge on any atom is 0.191 e. The maximum absolute atomic E-state index is 11.5. The monoisotopic (exact) mass is 286 g/mol. The lowest BCUT2D eigenvalue weighted by atomic mass is 10.1. The molecule has 1 aliphatic heterocycles. The molecule has 0 radical (unpaired) electrons. The third kappa shape index (κ3) is 4.84. The summed E-state index contributed by atoms with van der Waals surface area (Å²) < 4.78 is 11.2. The number of carbonyl (C=O) groups excluding carboxylic acids is 1. The van der Waals surface area contributed by atoms with E-state index in [9.17, 15) is 9.90 Å². The Labute approximate surface area is 116 Å². The molecule has 0 aromatic carbocycles. The lowest BCUT2D eigenvalue weighted by Crippen LogP contribution is -2.41. The van der Waals surface area contributed by atoms with Crippen molar-refractivity contribution in [3.05, 3.63) is 12.2 Å². The van der Waals surface area contributed by atoms with E-state index in [0.29, 0.717) is 13.0 Å². The summed E-state index contributed by atoms with van der Waals surface area (Å²) in [6, 6.07) is 0. The molecule has 0 aliphatic carbocycles. The Morgan fingerprint density at radius 2 is 2.05 bits per heavy atom. The van der Waals surface area contributed by atoms with E-state index in [1.165, 1.54) is 12.2 Å². The summed E-state index contributed by atoms with van der Waals surface area (Å²) >= 11 is 0. The zero-order chi connectivity index (χ0) is 14.7. The van der Waals surface area contributed by atoms with Crippen molar-refractivity contribution in [3.63, 3.8) is 0 Å². The van der Waals surface area contributed by atoms with Crippen LogP contribution < -0.4 is 0 Å². The third-order valence-electron chi connectivity index (χ3n) is 3.93. The van der Waals surface area contributed by atoms with Crippen molar-refractivity contribution in [1.82, 2.24) is 0 Å². The van der Waals surface area contributed by atoms with Gasteiger partial charge in [0.2, 0.25) is 0 Å². The molecule has 1 heterocycles. The van der Waals surface area contributed by atoms with Crippen LogP contribution in [0.2, 0.25) is 18.1 Å². The van der Waals surface area contributed by atoms with E-state index in [4.69, 9.17) is 9.16 Å². The van der Waals surface area contributed by atoms with Crippen LogP contribution in [0.3, 0.4) is 0 Å². The average Bonchev–Trinajstić information content (AvgIpc) is 2.27. The van der Waals surface area contributed by atoms with Gasteiger partial charge in [0.1, 0.15) is 6.10 Å². The Bertz CT molecular complexity index is 344. The lowest BCUT2D eigenvalue weighted by molar-refractivity contribution is -0.149. The van der Waals surface area contributed by atoms with E-state index >= 15 is 0 Å². The summed E-state index contributed by atoms with van der Waals surface area (Å²) in [6.07, 6.45) is 2.64. The zero-order valence-corrected chi connectivity index (χ0v) is 13.6. The van der Waals surface area contributed by atoms with Gasteiger partial charge < -0.3 is 14.3 Å². The average molecular weight is 286 g/mol. The van der Waals surface area contributed by atoms with Gasteiger partial charge in [-0.2, -0.15) is 0 Å². The second-order valence-electron chi connectivity index (χ2n) is 6.53. The Morgan fingerprint density at radius 1 is 1.42 bits per heavy atom. The Kier molecular flexibility index (Phi) is 5.50. The minimum absolute atomic E-state index is 0.0716. The quantitative estimate of drug-likeness (QED) is 0.623. The standard InChI is InChI=1S/C14H26O4Si/c1-14(2,3)19(4,5)17-10-6-7-12-11(15)8-9-13(16)18-12/h8-9,12-13,16H,6-7,10H2,1-5H3/t12-,13?/m0/s1. The van der Waals surface area contributed by atoms with Gasteiger partial charge in [-0.25, -0.2) is 0 Å². The summed E-state index contributed by atoms with van der Waals surface area (Å²) in [5.41, 5.74) is 0. The number of aliphatic hydroxyl groups is 1. The molecular formula is C14H26O4Si. The molecule has 1 N–H and O–H groups in total. The van der Waals surface area contributed by atoms with E-state index in [2.05, 4.69) is 33.9 Å². The molecule has 0 aromatic heterocycles. The molecule has 1 rings (SSSR count). The largest absolute Gasteiger partial charge is 0.417 e. The number of carbonyl (C=O) groups is 1. The van der Waals surface area contributed by atoms with Gasteiger partial charge in [-0.15, -0.1) is 0 Å². The first-order valence-corrected chi connectivity index (χ1v) is 9.74. The molecule has 4 nitrogen and oxygen atoms in total. The normalized spacial score (nSPS) is 24.8. The molecule has 0 amide bonds. The third-order valence-corrected chi connectivity index (χ3v) is 8.46. The Morgan fingerprint density at radius 3 is 2.63 bits per heavy atom. The number of aliphatic hydroxyl groups excluding tert-OH is 1. The molecule has 110 valence electrons. The van der Waals surface area contributed by atoms with Crippen LogP contribution in [0.25, 0.3) is 0 Å². The zero-order valence-electron chi connectivity index (χ0n) is 12.6. The first-order valence-electron chi connectivity index (χ1n) is 6.83.